The largest absolute Gasteiger partial charge is 0.351 e. The summed E-state index contributed by atoms with van der Waals surface area (Å²) in [6.07, 6.45) is 3.13. The number of nitrogens with one attached hydrogen (secondary N) is 1. The van der Waals surface area contributed by atoms with Crippen molar-refractivity contribution in [2.75, 3.05) is 32.7 Å². The molecule has 1 heterocycles. The second-order valence-electron chi connectivity index (χ2n) is 8.34. The molecule has 1 atom stereocenters. The highest BCUT2D eigenvalue weighted by atomic mass is 16.1. The second kappa shape index (κ2) is 9.55. The minimum absolute atomic E-state index is 0.00534. The molecule has 0 spiro atoms. The Kier molecular flexibility index (Phi) is 6.63. The van der Waals surface area contributed by atoms with Crippen molar-refractivity contribution in [3.8, 4) is 0 Å². The van der Waals surface area contributed by atoms with E-state index in [2.05, 4.69) is 70.6 Å². The van der Waals surface area contributed by atoms with E-state index in [0.717, 1.165) is 58.5 Å². The third kappa shape index (κ3) is 4.88. The number of carbonyl (C=O) groups is 1. The van der Waals surface area contributed by atoms with Gasteiger partial charge in [-0.25, -0.2) is 0 Å². The molecule has 1 N–H and O–H groups in total. The molecule has 4 heteroatoms. The third-order valence-corrected chi connectivity index (χ3v) is 6.56. The number of rotatable bonds is 6. The molecule has 1 aliphatic heterocycles. The van der Waals surface area contributed by atoms with E-state index in [4.69, 9.17) is 0 Å². The van der Waals surface area contributed by atoms with Gasteiger partial charge in [-0.3, -0.25) is 9.69 Å². The summed E-state index contributed by atoms with van der Waals surface area (Å²) in [5.41, 5.74) is 5.13. The maximum atomic E-state index is 13.0. The van der Waals surface area contributed by atoms with E-state index >= 15 is 0 Å². The maximum absolute atomic E-state index is 13.0. The minimum Gasteiger partial charge on any atom is -0.351 e. The van der Waals surface area contributed by atoms with Gasteiger partial charge in [0, 0.05) is 39.3 Å². The molecule has 1 aliphatic carbocycles. The van der Waals surface area contributed by atoms with Gasteiger partial charge in [-0.05, 0) is 48.1 Å². The average molecular weight is 392 g/mol. The number of hydrogen-bond acceptors (Lipinski definition) is 3. The summed E-state index contributed by atoms with van der Waals surface area (Å²) in [6.45, 7) is 9.49. The van der Waals surface area contributed by atoms with Crippen molar-refractivity contribution in [2.24, 2.45) is 0 Å². The van der Waals surface area contributed by atoms with Crippen LogP contribution in [-0.4, -0.2) is 48.4 Å². The molecule has 154 valence electrons. The second-order valence-corrected chi connectivity index (χ2v) is 8.34. The highest BCUT2D eigenvalue weighted by molar-refractivity contribution is 5.84. The highest BCUT2D eigenvalue weighted by Gasteiger charge is 2.26. The first-order valence-corrected chi connectivity index (χ1v) is 11.1. The van der Waals surface area contributed by atoms with Gasteiger partial charge in [-0.2, -0.15) is 0 Å². The number of aryl methyl sites for hydroxylation is 1. The standard InChI is InChI=1S/C25H33N3O/c1-2-27-14-16-28(17-15-27)19-22-10-4-3-9-21(22)18-26-25(29)24-13-7-11-20-8-5-6-12-23(20)24/h3-6,8-10,12,24H,2,7,11,13-19H2,1H3,(H,26,29). The van der Waals surface area contributed by atoms with Crippen LogP contribution in [0.3, 0.4) is 0 Å². The summed E-state index contributed by atoms with van der Waals surface area (Å²) in [5, 5.41) is 3.24. The van der Waals surface area contributed by atoms with Crippen LogP contribution in [0.4, 0.5) is 0 Å². The highest BCUT2D eigenvalue weighted by Crippen LogP contribution is 2.31. The quantitative estimate of drug-likeness (QED) is 0.818. The number of benzene rings is 2. The van der Waals surface area contributed by atoms with Crippen molar-refractivity contribution in [3.05, 3.63) is 70.8 Å². The first kappa shape index (κ1) is 20.1. The Hall–Kier alpha value is -2.17. The van der Waals surface area contributed by atoms with Gasteiger partial charge in [0.25, 0.3) is 0 Å². The lowest BCUT2D eigenvalue weighted by Crippen LogP contribution is -2.45. The molecule has 1 saturated heterocycles. The lowest BCUT2D eigenvalue weighted by molar-refractivity contribution is -0.123. The number of hydrogen-bond donors (Lipinski definition) is 1. The van der Waals surface area contributed by atoms with Crippen LogP contribution in [-0.2, 0) is 24.3 Å². The SMILES string of the molecule is CCN1CCN(Cc2ccccc2CNC(=O)C2CCCc3ccccc32)CC1. The van der Waals surface area contributed by atoms with Crippen molar-refractivity contribution in [3.63, 3.8) is 0 Å². The zero-order valence-corrected chi connectivity index (χ0v) is 17.6. The molecule has 0 bridgehead atoms. The maximum Gasteiger partial charge on any atom is 0.227 e. The smallest absolute Gasteiger partial charge is 0.227 e. The predicted molar refractivity (Wildman–Crippen MR) is 118 cm³/mol. The molecule has 0 saturated carbocycles. The molecule has 2 aliphatic rings. The lowest BCUT2D eigenvalue weighted by atomic mass is 9.82. The number of likely N-dealkylation sites (N-methyl/N-ethyl adjacent to an activating group) is 1. The first-order valence-electron chi connectivity index (χ1n) is 11.1. The van der Waals surface area contributed by atoms with Crippen LogP contribution in [0.25, 0.3) is 0 Å². The fourth-order valence-electron chi connectivity index (χ4n) is 4.72. The Bertz CT molecular complexity index is 826. The van der Waals surface area contributed by atoms with Crippen LogP contribution < -0.4 is 5.32 Å². The van der Waals surface area contributed by atoms with Gasteiger partial charge in [-0.1, -0.05) is 55.5 Å². The topological polar surface area (TPSA) is 35.6 Å². The van der Waals surface area contributed by atoms with E-state index in [0.29, 0.717) is 6.54 Å². The Morgan fingerprint density at radius 2 is 1.66 bits per heavy atom. The van der Waals surface area contributed by atoms with Crippen LogP contribution in [0.5, 0.6) is 0 Å². The van der Waals surface area contributed by atoms with Crippen LogP contribution in [0.15, 0.2) is 48.5 Å². The summed E-state index contributed by atoms with van der Waals surface area (Å²) in [6, 6.07) is 17.0. The average Bonchev–Trinajstić information content (AvgIpc) is 2.78. The molecule has 0 radical (unpaired) electrons. The number of amides is 1. The van der Waals surface area contributed by atoms with E-state index in [1.165, 1.54) is 22.3 Å². The van der Waals surface area contributed by atoms with Crippen molar-refractivity contribution in [1.29, 1.82) is 0 Å². The van der Waals surface area contributed by atoms with Gasteiger partial charge < -0.3 is 10.2 Å². The first-order chi connectivity index (χ1) is 14.2. The molecule has 1 unspecified atom stereocenters. The zero-order chi connectivity index (χ0) is 20.1. The summed E-state index contributed by atoms with van der Waals surface area (Å²) in [7, 11) is 0. The fourth-order valence-corrected chi connectivity index (χ4v) is 4.72. The van der Waals surface area contributed by atoms with Crippen molar-refractivity contribution in [1.82, 2.24) is 15.1 Å². The van der Waals surface area contributed by atoms with Gasteiger partial charge in [0.05, 0.1) is 5.92 Å². The van der Waals surface area contributed by atoms with Gasteiger partial charge in [0.15, 0.2) is 0 Å². The molecule has 4 nitrogen and oxygen atoms in total. The lowest BCUT2D eigenvalue weighted by Gasteiger charge is -2.34. The molecule has 0 aromatic heterocycles. The van der Waals surface area contributed by atoms with Crippen molar-refractivity contribution >= 4 is 5.91 Å². The Morgan fingerprint density at radius 3 is 2.45 bits per heavy atom. The number of carbonyl (C=O) groups excluding carboxylic acids is 1. The van der Waals surface area contributed by atoms with Gasteiger partial charge >= 0.3 is 0 Å². The minimum atomic E-state index is -0.00534. The number of fused-ring (bicyclic) bond motifs is 1. The Balaban J connectivity index is 1.38. The van der Waals surface area contributed by atoms with E-state index in [-0.39, 0.29) is 11.8 Å². The molecule has 1 amide bonds. The van der Waals surface area contributed by atoms with E-state index < -0.39 is 0 Å². The van der Waals surface area contributed by atoms with Gasteiger partial charge in [0.1, 0.15) is 0 Å². The van der Waals surface area contributed by atoms with Crippen molar-refractivity contribution in [2.45, 2.75) is 45.2 Å². The predicted octanol–water partition coefficient (Wildman–Crippen LogP) is 3.56. The summed E-state index contributed by atoms with van der Waals surface area (Å²) < 4.78 is 0. The van der Waals surface area contributed by atoms with Crippen LogP contribution in [0, 0.1) is 0 Å². The summed E-state index contributed by atoms with van der Waals surface area (Å²) >= 11 is 0. The van der Waals surface area contributed by atoms with Gasteiger partial charge in [0.2, 0.25) is 5.91 Å². The zero-order valence-electron chi connectivity index (χ0n) is 17.6. The fraction of sp³-hybridized carbons (Fsp3) is 0.480. The molecular formula is C25H33N3O. The van der Waals surface area contributed by atoms with Crippen LogP contribution >= 0.6 is 0 Å². The van der Waals surface area contributed by atoms with E-state index in [9.17, 15) is 4.79 Å². The normalized spacial score (nSPS) is 20.2. The molecule has 4 rings (SSSR count). The molecule has 2 aromatic carbocycles. The number of piperazine rings is 1. The summed E-state index contributed by atoms with van der Waals surface area (Å²) in [4.78, 5) is 18.0. The molecule has 1 fully saturated rings. The Morgan fingerprint density at radius 1 is 0.966 bits per heavy atom. The van der Waals surface area contributed by atoms with Crippen LogP contribution in [0.2, 0.25) is 0 Å². The van der Waals surface area contributed by atoms with Crippen molar-refractivity contribution < 1.29 is 4.79 Å². The monoisotopic (exact) mass is 391 g/mol. The van der Waals surface area contributed by atoms with Gasteiger partial charge in [-0.15, -0.1) is 0 Å². The van der Waals surface area contributed by atoms with E-state index in [1.807, 2.05) is 0 Å². The molecule has 2 aromatic rings. The third-order valence-electron chi connectivity index (χ3n) is 6.56. The molecule has 29 heavy (non-hydrogen) atoms. The van der Waals surface area contributed by atoms with Crippen LogP contribution in [0.1, 0.15) is 47.9 Å². The Labute approximate surface area is 174 Å². The van der Waals surface area contributed by atoms with E-state index in [1.54, 1.807) is 0 Å². The number of nitrogens with zero attached hydrogens (tertiary/aromatic N) is 2. The molecular weight excluding hydrogens is 358 g/mol. The summed E-state index contributed by atoms with van der Waals surface area (Å²) in [5.74, 6) is 0.165.